The van der Waals surface area contributed by atoms with Crippen molar-refractivity contribution in [3.63, 3.8) is 0 Å². The molecule has 2 N–H and O–H groups in total. The zero-order valence-corrected chi connectivity index (χ0v) is 7.41. The van der Waals surface area contributed by atoms with Crippen LogP contribution in [0.25, 0.3) is 0 Å². The van der Waals surface area contributed by atoms with Gasteiger partial charge in [0.25, 0.3) is 0 Å². The molecule has 0 spiro atoms. The first kappa shape index (κ1) is 9.32. The number of rotatable bonds is 2. The highest BCUT2D eigenvalue weighted by Gasteiger charge is 2.51. The lowest BCUT2D eigenvalue weighted by molar-refractivity contribution is -0.157. The van der Waals surface area contributed by atoms with Crippen molar-refractivity contribution < 1.29 is 19.8 Å². The SMILES string of the molecule is O=C(O)C1(C(=O)O)C=CC=C2N=NC=C21. The van der Waals surface area contributed by atoms with Gasteiger partial charge in [-0.1, -0.05) is 12.2 Å². The third-order valence-corrected chi connectivity index (χ3v) is 2.33. The third-order valence-electron chi connectivity index (χ3n) is 2.33. The quantitative estimate of drug-likeness (QED) is 0.656. The van der Waals surface area contributed by atoms with Crippen LogP contribution >= 0.6 is 0 Å². The highest BCUT2D eigenvalue weighted by Crippen LogP contribution is 2.41. The van der Waals surface area contributed by atoms with Crippen molar-refractivity contribution in [2.45, 2.75) is 0 Å². The number of hydrogen-bond donors (Lipinski definition) is 2. The van der Waals surface area contributed by atoms with E-state index in [1.165, 1.54) is 12.2 Å². The Morgan fingerprint density at radius 3 is 2.53 bits per heavy atom. The van der Waals surface area contributed by atoms with Crippen LogP contribution in [-0.4, -0.2) is 22.2 Å². The second kappa shape index (κ2) is 2.88. The molecule has 1 aliphatic heterocycles. The van der Waals surface area contributed by atoms with Gasteiger partial charge in [-0.25, -0.2) is 0 Å². The topological polar surface area (TPSA) is 99.3 Å². The van der Waals surface area contributed by atoms with Crippen molar-refractivity contribution in [1.29, 1.82) is 0 Å². The number of carboxylic acids is 2. The van der Waals surface area contributed by atoms with Crippen molar-refractivity contribution in [3.05, 3.63) is 35.7 Å². The first-order valence-corrected chi connectivity index (χ1v) is 4.07. The fraction of sp³-hybridized carbons (Fsp3) is 0.111. The second-order valence-electron chi connectivity index (χ2n) is 3.09. The van der Waals surface area contributed by atoms with Crippen LogP contribution in [0.1, 0.15) is 0 Å². The van der Waals surface area contributed by atoms with Crippen LogP contribution < -0.4 is 0 Å². The van der Waals surface area contributed by atoms with Crippen molar-refractivity contribution in [2.24, 2.45) is 15.6 Å². The Balaban J connectivity index is 2.62. The van der Waals surface area contributed by atoms with Gasteiger partial charge in [-0.2, -0.15) is 10.2 Å². The standard InChI is InChI=1S/C9H6N2O4/c12-7(13)9(8(14)15)3-1-2-6-5(9)4-10-11-6/h1-4H,(H,12,13)(H,14,15). The van der Waals surface area contributed by atoms with Crippen LogP contribution in [0.5, 0.6) is 0 Å². The lowest BCUT2D eigenvalue weighted by Crippen LogP contribution is -2.40. The molecule has 0 aromatic heterocycles. The Morgan fingerprint density at radius 2 is 1.93 bits per heavy atom. The third kappa shape index (κ3) is 1.04. The van der Waals surface area contributed by atoms with Crippen molar-refractivity contribution >= 4 is 11.9 Å². The molecular weight excluding hydrogens is 200 g/mol. The molecule has 0 amide bonds. The lowest BCUT2D eigenvalue weighted by atomic mass is 9.76. The monoisotopic (exact) mass is 206 g/mol. The van der Waals surface area contributed by atoms with E-state index in [1.54, 1.807) is 0 Å². The highest BCUT2D eigenvalue weighted by molar-refractivity contribution is 6.05. The summed E-state index contributed by atoms with van der Waals surface area (Å²) in [7, 11) is 0. The molecule has 0 radical (unpaired) electrons. The molecule has 76 valence electrons. The summed E-state index contributed by atoms with van der Waals surface area (Å²) in [4.78, 5) is 22.2. The Bertz CT molecular complexity index is 457. The largest absolute Gasteiger partial charge is 0.480 e. The minimum atomic E-state index is -2.06. The molecule has 0 atom stereocenters. The number of hydrogen-bond acceptors (Lipinski definition) is 4. The van der Waals surface area contributed by atoms with E-state index in [0.717, 1.165) is 12.3 Å². The van der Waals surface area contributed by atoms with Gasteiger partial charge in [-0.3, -0.25) is 9.59 Å². The molecule has 15 heavy (non-hydrogen) atoms. The van der Waals surface area contributed by atoms with E-state index in [-0.39, 0.29) is 11.3 Å². The molecule has 1 aliphatic carbocycles. The van der Waals surface area contributed by atoms with E-state index in [9.17, 15) is 9.59 Å². The molecule has 0 aromatic rings. The van der Waals surface area contributed by atoms with Crippen molar-refractivity contribution in [3.8, 4) is 0 Å². The van der Waals surface area contributed by atoms with Gasteiger partial charge in [0.2, 0.25) is 5.41 Å². The van der Waals surface area contributed by atoms with Crippen LogP contribution in [0.15, 0.2) is 45.9 Å². The first-order chi connectivity index (χ1) is 7.09. The van der Waals surface area contributed by atoms with E-state index in [2.05, 4.69) is 10.2 Å². The van der Waals surface area contributed by atoms with Gasteiger partial charge in [-0.15, -0.1) is 0 Å². The van der Waals surface area contributed by atoms with E-state index in [0.29, 0.717) is 0 Å². The summed E-state index contributed by atoms with van der Waals surface area (Å²) >= 11 is 0. The van der Waals surface area contributed by atoms with E-state index >= 15 is 0 Å². The molecular formula is C9H6N2O4. The Hall–Kier alpha value is -2.24. The number of aliphatic carboxylic acids is 2. The smallest absolute Gasteiger partial charge is 0.329 e. The molecule has 6 nitrogen and oxygen atoms in total. The maximum Gasteiger partial charge on any atom is 0.329 e. The molecule has 0 saturated heterocycles. The lowest BCUT2D eigenvalue weighted by Gasteiger charge is -2.24. The average Bonchev–Trinajstić information content (AvgIpc) is 2.63. The Labute approximate surface area is 83.9 Å². The summed E-state index contributed by atoms with van der Waals surface area (Å²) in [5.41, 5.74) is -1.69. The molecule has 0 aromatic carbocycles. The minimum absolute atomic E-state index is 0.0880. The van der Waals surface area contributed by atoms with Gasteiger partial charge in [0.15, 0.2) is 0 Å². The summed E-state index contributed by atoms with van der Waals surface area (Å²) in [6.45, 7) is 0. The molecule has 2 rings (SSSR count). The molecule has 0 fully saturated rings. The van der Waals surface area contributed by atoms with Crippen LogP contribution in [0, 0.1) is 5.41 Å². The molecule has 2 aliphatic rings. The van der Waals surface area contributed by atoms with Gasteiger partial charge in [0.05, 0.1) is 11.9 Å². The second-order valence-corrected chi connectivity index (χ2v) is 3.09. The van der Waals surface area contributed by atoms with E-state index < -0.39 is 17.4 Å². The van der Waals surface area contributed by atoms with E-state index in [1.807, 2.05) is 0 Å². The van der Waals surface area contributed by atoms with Crippen molar-refractivity contribution in [2.75, 3.05) is 0 Å². The predicted octanol–water partition coefficient (Wildman–Crippen LogP) is 0.945. The van der Waals surface area contributed by atoms with Gasteiger partial charge >= 0.3 is 11.9 Å². The highest BCUT2D eigenvalue weighted by atomic mass is 16.4. The normalized spacial score (nSPS) is 20.5. The summed E-state index contributed by atoms with van der Waals surface area (Å²) in [5, 5.41) is 25.2. The summed E-state index contributed by atoms with van der Waals surface area (Å²) in [6, 6.07) is 0. The molecule has 6 heteroatoms. The van der Waals surface area contributed by atoms with Crippen LogP contribution in [0.2, 0.25) is 0 Å². The molecule has 0 unspecified atom stereocenters. The maximum atomic E-state index is 11.1. The summed E-state index contributed by atoms with van der Waals surface area (Å²) in [6.07, 6.45) is 5.16. The zero-order valence-electron chi connectivity index (χ0n) is 7.41. The predicted molar refractivity (Wildman–Crippen MR) is 47.9 cm³/mol. The van der Waals surface area contributed by atoms with E-state index in [4.69, 9.17) is 10.2 Å². The number of nitrogens with zero attached hydrogens (tertiary/aromatic N) is 2. The van der Waals surface area contributed by atoms with Crippen LogP contribution in [0.3, 0.4) is 0 Å². The maximum absolute atomic E-state index is 11.1. The number of allylic oxidation sites excluding steroid dienone is 3. The average molecular weight is 206 g/mol. The Morgan fingerprint density at radius 1 is 1.27 bits per heavy atom. The van der Waals surface area contributed by atoms with Crippen LogP contribution in [-0.2, 0) is 9.59 Å². The fourth-order valence-electron chi connectivity index (χ4n) is 1.53. The number of fused-ring (bicyclic) bond motifs is 1. The molecule has 0 bridgehead atoms. The van der Waals surface area contributed by atoms with Gasteiger partial charge in [0, 0.05) is 5.57 Å². The Kier molecular flexibility index (Phi) is 1.79. The van der Waals surface area contributed by atoms with Gasteiger partial charge in [-0.05, 0) is 6.08 Å². The van der Waals surface area contributed by atoms with Gasteiger partial charge in [0.1, 0.15) is 0 Å². The summed E-state index contributed by atoms with van der Waals surface area (Å²) in [5.74, 6) is -2.90. The fourth-order valence-corrected chi connectivity index (χ4v) is 1.53. The number of carboxylic acid groups (broad SMARTS) is 2. The minimum Gasteiger partial charge on any atom is -0.480 e. The number of azo groups is 1. The van der Waals surface area contributed by atoms with Gasteiger partial charge < -0.3 is 10.2 Å². The molecule has 0 saturated carbocycles. The number of carbonyl (C=O) groups is 2. The summed E-state index contributed by atoms with van der Waals surface area (Å²) < 4.78 is 0. The zero-order chi connectivity index (χ0) is 11.1. The molecule has 1 heterocycles. The van der Waals surface area contributed by atoms with Crippen LogP contribution in [0.4, 0.5) is 0 Å². The first-order valence-electron chi connectivity index (χ1n) is 4.07. The van der Waals surface area contributed by atoms with Crippen molar-refractivity contribution in [1.82, 2.24) is 0 Å².